The molecular formula is C16H25NO5. The van der Waals surface area contributed by atoms with Crippen LogP contribution in [0.2, 0.25) is 0 Å². The molecule has 2 aliphatic carbocycles. The Morgan fingerprint density at radius 2 is 2.32 bits per heavy atom. The maximum Gasteiger partial charge on any atom is 0.344 e. The lowest BCUT2D eigenvalue weighted by Gasteiger charge is -2.34. The van der Waals surface area contributed by atoms with E-state index in [4.69, 9.17) is 9.94 Å². The lowest BCUT2D eigenvalue weighted by Crippen LogP contribution is -2.36. The number of carboxylic acid groups (broad SMARTS) is 1. The number of oxime groups is 1. The average Bonchev–Trinajstić information content (AvgIpc) is 2.71. The van der Waals surface area contributed by atoms with Crippen LogP contribution in [0.25, 0.3) is 0 Å². The third-order valence-corrected chi connectivity index (χ3v) is 4.60. The van der Waals surface area contributed by atoms with Gasteiger partial charge in [0.2, 0.25) is 6.61 Å². The van der Waals surface area contributed by atoms with Crippen molar-refractivity contribution in [1.29, 1.82) is 0 Å². The van der Waals surface area contributed by atoms with Gasteiger partial charge in [-0.1, -0.05) is 37.1 Å². The molecule has 0 heterocycles. The van der Waals surface area contributed by atoms with E-state index in [1.54, 1.807) is 6.08 Å². The summed E-state index contributed by atoms with van der Waals surface area (Å²) in [4.78, 5) is 15.1. The highest BCUT2D eigenvalue weighted by atomic mass is 16.6. The van der Waals surface area contributed by atoms with E-state index in [9.17, 15) is 15.0 Å². The van der Waals surface area contributed by atoms with Crippen molar-refractivity contribution in [2.75, 3.05) is 6.61 Å². The monoisotopic (exact) mass is 311 g/mol. The number of fused-ring (bicyclic) bond motifs is 1. The molecule has 0 aromatic carbocycles. The zero-order valence-electron chi connectivity index (χ0n) is 12.9. The van der Waals surface area contributed by atoms with Gasteiger partial charge in [0, 0.05) is 11.8 Å². The highest BCUT2D eigenvalue weighted by Crippen LogP contribution is 2.49. The summed E-state index contributed by atoms with van der Waals surface area (Å²) >= 11 is 0. The molecule has 6 heteroatoms. The molecule has 124 valence electrons. The Labute approximate surface area is 130 Å². The second kappa shape index (κ2) is 7.74. The normalized spacial score (nSPS) is 33.7. The minimum Gasteiger partial charge on any atom is -0.479 e. The minimum absolute atomic E-state index is 0.0414. The lowest BCUT2D eigenvalue weighted by molar-refractivity contribution is -0.142. The number of aliphatic hydroxyl groups excluding tert-OH is 2. The van der Waals surface area contributed by atoms with Crippen LogP contribution in [-0.4, -0.2) is 45.8 Å². The summed E-state index contributed by atoms with van der Waals surface area (Å²) in [7, 11) is 0. The van der Waals surface area contributed by atoms with Crippen LogP contribution in [0.15, 0.2) is 17.3 Å². The van der Waals surface area contributed by atoms with E-state index >= 15 is 0 Å². The Kier molecular flexibility index (Phi) is 5.97. The third-order valence-electron chi connectivity index (χ3n) is 4.60. The predicted octanol–water partition coefficient (Wildman–Crippen LogP) is 1.57. The predicted molar refractivity (Wildman–Crippen MR) is 81.4 cm³/mol. The van der Waals surface area contributed by atoms with Gasteiger partial charge in [-0.2, -0.15) is 0 Å². The van der Waals surface area contributed by atoms with Gasteiger partial charge >= 0.3 is 5.97 Å². The lowest BCUT2D eigenvalue weighted by atomic mass is 9.71. The summed E-state index contributed by atoms with van der Waals surface area (Å²) < 4.78 is 0. The van der Waals surface area contributed by atoms with Crippen molar-refractivity contribution in [2.24, 2.45) is 22.9 Å². The topological polar surface area (TPSA) is 99.4 Å². The average molecular weight is 311 g/mol. The van der Waals surface area contributed by atoms with Crippen molar-refractivity contribution in [3.63, 3.8) is 0 Å². The molecule has 2 rings (SSSR count). The summed E-state index contributed by atoms with van der Waals surface area (Å²) in [5, 5.41) is 32.4. The molecule has 3 unspecified atom stereocenters. The molecule has 22 heavy (non-hydrogen) atoms. The highest BCUT2D eigenvalue weighted by Gasteiger charge is 2.51. The molecule has 0 amide bonds. The molecule has 0 radical (unpaired) electrons. The fourth-order valence-electron chi connectivity index (χ4n) is 3.35. The Hall–Kier alpha value is -1.40. The zero-order valence-corrected chi connectivity index (χ0v) is 12.9. The summed E-state index contributed by atoms with van der Waals surface area (Å²) in [6.07, 6.45) is 6.99. The maximum absolute atomic E-state index is 10.4. The van der Waals surface area contributed by atoms with Crippen molar-refractivity contribution in [3.8, 4) is 0 Å². The van der Waals surface area contributed by atoms with E-state index in [-0.39, 0.29) is 11.8 Å². The molecule has 0 aliphatic heterocycles. The molecule has 0 bridgehead atoms. The fraction of sp³-hybridized carbons (Fsp3) is 0.750. The van der Waals surface area contributed by atoms with Crippen LogP contribution in [-0.2, 0) is 9.63 Å². The standard InChI is InChI=1S/C16H25NO5/c1-2-3-4-10(18)5-6-11-12-7-14(13(12)8-15(11)19)17-22-9-16(20)21/h5-6,10-13,15,18-19H,2-4,7-9H2,1H3,(H,20,21)/t10?,11?,12-,13-,15?/m0/s1. The van der Waals surface area contributed by atoms with E-state index in [1.165, 1.54) is 0 Å². The molecular weight excluding hydrogens is 286 g/mol. The van der Waals surface area contributed by atoms with E-state index in [0.717, 1.165) is 31.4 Å². The minimum atomic E-state index is -1.05. The third kappa shape index (κ3) is 4.08. The SMILES string of the molecule is CCCCC(O)C=CC1C(O)C[C@@H]2C(=NOCC(=O)O)C[C@@H]12. The number of carboxylic acids is 1. The number of unbranched alkanes of at least 4 members (excludes halogenated alkanes) is 1. The van der Waals surface area contributed by atoms with E-state index in [1.807, 2.05) is 6.08 Å². The second-order valence-corrected chi connectivity index (χ2v) is 6.20. The highest BCUT2D eigenvalue weighted by molar-refractivity contribution is 5.93. The van der Waals surface area contributed by atoms with Crippen LogP contribution in [0.5, 0.6) is 0 Å². The first-order chi connectivity index (χ1) is 10.5. The molecule has 2 saturated carbocycles. The number of aliphatic hydroxyl groups is 2. The second-order valence-electron chi connectivity index (χ2n) is 6.20. The van der Waals surface area contributed by atoms with Crippen LogP contribution in [0.1, 0.15) is 39.0 Å². The van der Waals surface area contributed by atoms with Crippen LogP contribution in [0.4, 0.5) is 0 Å². The van der Waals surface area contributed by atoms with E-state index in [2.05, 4.69) is 12.1 Å². The van der Waals surface area contributed by atoms with Crippen molar-refractivity contribution in [1.82, 2.24) is 0 Å². The quantitative estimate of drug-likeness (QED) is 0.467. The number of aliphatic carboxylic acids is 1. The van der Waals surface area contributed by atoms with Gasteiger partial charge in [-0.05, 0) is 25.2 Å². The molecule has 0 saturated heterocycles. The molecule has 0 spiro atoms. The Morgan fingerprint density at radius 1 is 1.55 bits per heavy atom. The molecule has 6 nitrogen and oxygen atoms in total. The van der Waals surface area contributed by atoms with E-state index < -0.39 is 24.8 Å². The van der Waals surface area contributed by atoms with Gasteiger partial charge in [-0.25, -0.2) is 4.79 Å². The van der Waals surface area contributed by atoms with Gasteiger partial charge in [-0.3, -0.25) is 0 Å². The number of carbonyl (C=O) groups is 1. The van der Waals surface area contributed by atoms with Crippen LogP contribution in [0.3, 0.4) is 0 Å². The van der Waals surface area contributed by atoms with Crippen molar-refractivity contribution in [3.05, 3.63) is 12.2 Å². The zero-order chi connectivity index (χ0) is 16.1. The fourth-order valence-corrected chi connectivity index (χ4v) is 3.35. The van der Waals surface area contributed by atoms with Crippen molar-refractivity contribution in [2.45, 2.75) is 51.2 Å². The number of hydrogen-bond donors (Lipinski definition) is 3. The van der Waals surface area contributed by atoms with Crippen molar-refractivity contribution < 1.29 is 25.0 Å². The number of rotatable bonds is 8. The Bertz CT molecular complexity index is 448. The first-order valence-electron chi connectivity index (χ1n) is 7.97. The van der Waals surface area contributed by atoms with Gasteiger partial charge in [0.15, 0.2) is 0 Å². The molecule has 2 fully saturated rings. The van der Waals surface area contributed by atoms with Gasteiger partial charge in [0.25, 0.3) is 0 Å². The first kappa shape index (κ1) is 17.0. The summed E-state index contributed by atoms with van der Waals surface area (Å²) in [6, 6.07) is 0. The largest absolute Gasteiger partial charge is 0.479 e. The van der Waals surface area contributed by atoms with Gasteiger partial charge in [0.05, 0.1) is 17.9 Å². The number of hydrogen-bond acceptors (Lipinski definition) is 5. The molecule has 0 aromatic heterocycles. The summed E-state index contributed by atoms with van der Waals surface area (Å²) in [6.45, 7) is 1.65. The van der Waals surface area contributed by atoms with Gasteiger partial charge in [0.1, 0.15) is 0 Å². The smallest absolute Gasteiger partial charge is 0.344 e. The number of nitrogens with zero attached hydrogens (tertiary/aromatic N) is 1. The molecule has 3 N–H and O–H groups in total. The Morgan fingerprint density at radius 3 is 3.00 bits per heavy atom. The van der Waals surface area contributed by atoms with E-state index in [0.29, 0.717) is 12.3 Å². The molecule has 5 atom stereocenters. The summed E-state index contributed by atoms with van der Waals surface area (Å²) in [5.41, 5.74) is 0.840. The van der Waals surface area contributed by atoms with Gasteiger partial charge in [-0.15, -0.1) is 0 Å². The van der Waals surface area contributed by atoms with Crippen LogP contribution in [0, 0.1) is 17.8 Å². The molecule has 2 aliphatic rings. The maximum atomic E-state index is 10.4. The summed E-state index contributed by atoms with van der Waals surface area (Å²) in [5.74, 6) is -0.517. The van der Waals surface area contributed by atoms with Crippen LogP contribution < -0.4 is 0 Å². The Balaban J connectivity index is 1.84. The molecule has 0 aromatic rings. The first-order valence-corrected chi connectivity index (χ1v) is 7.97. The van der Waals surface area contributed by atoms with Crippen LogP contribution >= 0.6 is 0 Å². The van der Waals surface area contributed by atoms with Crippen molar-refractivity contribution >= 4 is 11.7 Å². The van der Waals surface area contributed by atoms with Gasteiger partial charge < -0.3 is 20.2 Å².